The van der Waals surface area contributed by atoms with Gasteiger partial charge in [-0.2, -0.15) is 0 Å². The Labute approximate surface area is 131 Å². The Hall–Kier alpha value is -1.29. The molecule has 1 amide bonds. The molecule has 1 aromatic rings. The smallest absolute Gasteiger partial charge is 0.251 e. The van der Waals surface area contributed by atoms with Crippen molar-refractivity contribution in [2.75, 3.05) is 11.9 Å². The first-order valence-corrected chi connectivity index (χ1v) is 8.18. The molecule has 2 rings (SSSR count). The summed E-state index contributed by atoms with van der Waals surface area (Å²) in [6, 6.07) is 3.67. The summed E-state index contributed by atoms with van der Waals surface area (Å²) in [6.45, 7) is 5.14. The zero-order valence-corrected chi connectivity index (χ0v) is 13.5. The summed E-state index contributed by atoms with van der Waals surface area (Å²) in [6.07, 6.45) is 5.57. The summed E-state index contributed by atoms with van der Waals surface area (Å²) in [4.78, 5) is 16.6. The molecule has 0 saturated heterocycles. The number of hydrogen-bond acceptors (Lipinski definition) is 3. The standard InChI is InChI=1S/C16H24ClN3O/c1-3-7-18-15-10-12(9-14(17)20-15)16(21)19-13-6-4-5-11(2)8-13/h9-11,13H,3-8H2,1-2H3,(H,18,20)(H,19,21). The van der Waals surface area contributed by atoms with Gasteiger partial charge in [-0.1, -0.05) is 38.3 Å². The van der Waals surface area contributed by atoms with Gasteiger partial charge in [-0.15, -0.1) is 0 Å². The molecule has 1 heterocycles. The molecule has 0 spiro atoms. The highest BCUT2D eigenvalue weighted by Crippen LogP contribution is 2.24. The van der Waals surface area contributed by atoms with E-state index in [4.69, 9.17) is 11.6 Å². The Morgan fingerprint density at radius 1 is 1.43 bits per heavy atom. The first-order valence-electron chi connectivity index (χ1n) is 7.80. The molecular formula is C16H24ClN3O. The maximum atomic E-state index is 12.4. The number of halogens is 1. The minimum absolute atomic E-state index is 0.0575. The van der Waals surface area contributed by atoms with Crippen LogP contribution in [0, 0.1) is 5.92 Å². The Bertz CT molecular complexity index is 492. The van der Waals surface area contributed by atoms with E-state index < -0.39 is 0 Å². The highest BCUT2D eigenvalue weighted by atomic mass is 35.5. The number of carbonyl (C=O) groups excluding carboxylic acids is 1. The monoisotopic (exact) mass is 309 g/mol. The molecule has 5 heteroatoms. The SMILES string of the molecule is CCCNc1cc(C(=O)NC2CCCC(C)C2)cc(Cl)n1. The molecule has 1 aliphatic rings. The second kappa shape index (κ2) is 7.64. The molecule has 4 nitrogen and oxygen atoms in total. The summed E-state index contributed by atoms with van der Waals surface area (Å²) in [7, 11) is 0. The summed E-state index contributed by atoms with van der Waals surface area (Å²) >= 11 is 6.01. The largest absolute Gasteiger partial charge is 0.370 e. The number of hydrogen-bond donors (Lipinski definition) is 2. The van der Waals surface area contributed by atoms with Crippen LogP contribution in [0.25, 0.3) is 0 Å². The third-order valence-corrected chi connectivity index (χ3v) is 4.08. The van der Waals surface area contributed by atoms with Crippen molar-refractivity contribution in [1.29, 1.82) is 0 Å². The van der Waals surface area contributed by atoms with Crippen molar-refractivity contribution in [3.05, 3.63) is 22.8 Å². The Kier molecular flexibility index (Phi) is 5.85. The van der Waals surface area contributed by atoms with Crippen LogP contribution in [0.5, 0.6) is 0 Å². The first kappa shape index (κ1) is 16.1. The number of anilines is 1. The molecule has 116 valence electrons. The van der Waals surface area contributed by atoms with Crippen molar-refractivity contribution in [1.82, 2.24) is 10.3 Å². The quantitative estimate of drug-likeness (QED) is 0.812. The number of pyridine rings is 1. The van der Waals surface area contributed by atoms with Crippen LogP contribution in [0.2, 0.25) is 5.15 Å². The predicted molar refractivity (Wildman–Crippen MR) is 86.9 cm³/mol. The van der Waals surface area contributed by atoms with Gasteiger partial charge < -0.3 is 10.6 Å². The Balaban J connectivity index is 2.02. The van der Waals surface area contributed by atoms with Crippen molar-refractivity contribution in [2.45, 2.75) is 52.0 Å². The van der Waals surface area contributed by atoms with Crippen molar-refractivity contribution in [2.24, 2.45) is 5.92 Å². The van der Waals surface area contributed by atoms with Gasteiger partial charge in [-0.25, -0.2) is 4.98 Å². The second-order valence-electron chi connectivity index (χ2n) is 5.93. The normalized spacial score (nSPS) is 21.9. The van der Waals surface area contributed by atoms with E-state index in [-0.39, 0.29) is 11.9 Å². The lowest BCUT2D eigenvalue weighted by molar-refractivity contribution is 0.0921. The van der Waals surface area contributed by atoms with Crippen molar-refractivity contribution >= 4 is 23.3 Å². The van der Waals surface area contributed by atoms with Crippen molar-refractivity contribution < 1.29 is 4.79 Å². The molecule has 0 aliphatic heterocycles. The summed E-state index contributed by atoms with van der Waals surface area (Å²) in [5.74, 6) is 1.29. The number of nitrogens with zero attached hydrogens (tertiary/aromatic N) is 1. The maximum Gasteiger partial charge on any atom is 0.251 e. The Morgan fingerprint density at radius 2 is 2.24 bits per heavy atom. The van der Waals surface area contributed by atoms with E-state index in [0.717, 1.165) is 25.8 Å². The van der Waals surface area contributed by atoms with E-state index in [1.807, 2.05) is 0 Å². The third-order valence-electron chi connectivity index (χ3n) is 3.88. The fraction of sp³-hybridized carbons (Fsp3) is 0.625. The molecule has 1 aromatic heterocycles. The van der Waals surface area contributed by atoms with Crippen molar-refractivity contribution in [3.63, 3.8) is 0 Å². The lowest BCUT2D eigenvalue weighted by Crippen LogP contribution is -2.38. The third kappa shape index (κ3) is 4.88. The van der Waals surface area contributed by atoms with E-state index in [9.17, 15) is 4.79 Å². The number of carbonyl (C=O) groups is 1. The van der Waals surface area contributed by atoms with Crippen LogP contribution in [-0.2, 0) is 0 Å². The highest BCUT2D eigenvalue weighted by molar-refractivity contribution is 6.29. The summed E-state index contributed by atoms with van der Waals surface area (Å²) < 4.78 is 0. The molecule has 1 saturated carbocycles. The molecule has 2 atom stereocenters. The van der Waals surface area contributed by atoms with Crippen LogP contribution < -0.4 is 10.6 Å². The first-order chi connectivity index (χ1) is 10.1. The van der Waals surface area contributed by atoms with Gasteiger partial charge in [0.15, 0.2) is 0 Å². The van der Waals surface area contributed by atoms with E-state index in [2.05, 4.69) is 29.5 Å². The molecule has 2 N–H and O–H groups in total. The maximum absolute atomic E-state index is 12.4. The van der Waals surface area contributed by atoms with Crippen LogP contribution in [0.15, 0.2) is 12.1 Å². The van der Waals surface area contributed by atoms with Gasteiger partial charge in [0.2, 0.25) is 0 Å². The fourth-order valence-electron chi connectivity index (χ4n) is 2.81. The summed E-state index contributed by atoms with van der Waals surface area (Å²) in [5, 5.41) is 6.63. The van der Waals surface area contributed by atoms with Crippen molar-refractivity contribution in [3.8, 4) is 0 Å². The average molecular weight is 310 g/mol. The minimum Gasteiger partial charge on any atom is -0.370 e. The van der Waals surface area contributed by atoms with Crippen LogP contribution in [0.1, 0.15) is 56.3 Å². The van der Waals surface area contributed by atoms with Gasteiger partial charge in [0.1, 0.15) is 11.0 Å². The topological polar surface area (TPSA) is 54.0 Å². The van der Waals surface area contributed by atoms with E-state index in [1.165, 1.54) is 12.8 Å². The molecule has 0 bridgehead atoms. The zero-order valence-electron chi connectivity index (χ0n) is 12.8. The minimum atomic E-state index is -0.0575. The lowest BCUT2D eigenvalue weighted by Gasteiger charge is -2.27. The number of aromatic nitrogens is 1. The van der Waals surface area contributed by atoms with Crippen LogP contribution in [0.3, 0.4) is 0 Å². The van der Waals surface area contributed by atoms with E-state index in [1.54, 1.807) is 12.1 Å². The van der Waals surface area contributed by atoms with Gasteiger partial charge in [0, 0.05) is 18.2 Å². The molecule has 21 heavy (non-hydrogen) atoms. The van der Waals surface area contributed by atoms with E-state index in [0.29, 0.717) is 22.5 Å². The Morgan fingerprint density at radius 3 is 2.95 bits per heavy atom. The molecule has 2 unspecified atom stereocenters. The molecular weight excluding hydrogens is 286 g/mol. The molecule has 0 aromatic carbocycles. The average Bonchev–Trinajstić information content (AvgIpc) is 2.44. The highest BCUT2D eigenvalue weighted by Gasteiger charge is 2.21. The number of rotatable bonds is 5. The van der Waals surface area contributed by atoms with Gasteiger partial charge in [-0.05, 0) is 37.3 Å². The summed E-state index contributed by atoms with van der Waals surface area (Å²) in [5.41, 5.74) is 0.576. The zero-order chi connectivity index (χ0) is 15.2. The second-order valence-corrected chi connectivity index (χ2v) is 6.32. The van der Waals surface area contributed by atoms with Gasteiger partial charge in [0.25, 0.3) is 5.91 Å². The van der Waals surface area contributed by atoms with Crippen LogP contribution >= 0.6 is 11.6 Å². The van der Waals surface area contributed by atoms with E-state index >= 15 is 0 Å². The molecule has 1 fully saturated rings. The van der Waals surface area contributed by atoms with Crippen LogP contribution in [-0.4, -0.2) is 23.5 Å². The molecule has 0 radical (unpaired) electrons. The van der Waals surface area contributed by atoms with Crippen LogP contribution in [0.4, 0.5) is 5.82 Å². The fourth-order valence-corrected chi connectivity index (χ4v) is 3.01. The molecule has 1 aliphatic carbocycles. The number of nitrogens with one attached hydrogen (secondary N) is 2. The van der Waals surface area contributed by atoms with Gasteiger partial charge in [-0.3, -0.25) is 4.79 Å². The van der Waals surface area contributed by atoms with Gasteiger partial charge >= 0.3 is 0 Å². The predicted octanol–water partition coefficient (Wildman–Crippen LogP) is 3.87. The van der Waals surface area contributed by atoms with Gasteiger partial charge in [0.05, 0.1) is 0 Å². The lowest BCUT2D eigenvalue weighted by atomic mass is 9.87. The number of amides is 1.